The maximum absolute atomic E-state index is 14.1. The average molecular weight is 515 g/mol. The van der Waals surface area contributed by atoms with Gasteiger partial charge in [-0.1, -0.05) is 30.4 Å². The monoisotopic (exact) mass is 514 g/mol. The van der Waals surface area contributed by atoms with E-state index < -0.39 is 68.5 Å². The molecule has 9 heteroatoms. The molecule has 9 nitrogen and oxygen atoms in total. The summed E-state index contributed by atoms with van der Waals surface area (Å²) in [5.41, 5.74) is -8.26. The van der Waals surface area contributed by atoms with Crippen LogP contribution >= 0.6 is 0 Å². The molecular formula is C28H34O9. The number of fused-ring (bicyclic) bond motifs is 3. The number of carbonyl (C=O) groups excluding carboxylic acids is 3. The van der Waals surface area contributed by atoms with Gasteiger partial charge in [-0.2, -0.15) is 0 Å². The van der Waals surface area contributed by atoms with Crippen molar-refractivity contribution in [1.82, 2.24) is 0 Å². The molecular weight excluding hydrogens is 480 g/mol. The molecule has 3 rings (SSSR count). The van der Waals surface area contributed by atoms with E-state index in [4.69, 9.17) is 4.74 Å². The van der Waals surface area contributed by atoms with E-state index in [1.54, 1.807) is 32.1 Å². The Morgan fingerprint density at radius 3 is 2.22 bits per heavy atom. The molecule has 5 atom stereocenters. The summed E-state index contributed by atoms with van der Waals surface area (Å²) < 4.78 is 5.88. The molecule has 1 saturated heterocycles. The van der Waals surface area contributed by atoms with Gasteiger partial charge in [-0.3, -0.25) is 14.4 Å². The third-order valence-electron chi connectivity index (χ3n) is 7.83. The van der Waals surface area contributed by atoms with Gasteiger partial charge in [0.1, 0.15) is 28.5 Å². The molecule has 0 amide bonds. The number of aliphatic hydroxyl groups excluding tert-OH is 3. The van der Waals surface area contributed by atoms with Crippen LogP contribution < -0.4 is 0 Å². The van der Waals surface area contributed by atoms with Crippen LogP contribution in [-0.4, -0.2) is 59.9 Å². The number of ether oxygens (including phenoxy) is 1. The van der Waals surface area contributed by atoms with Gasteiger partial charge in [0.25, 0.3) is 0 Å². The second-order valence-corrected chi connectivity index (χ2v) is 10.1. The minimum Gasteiger partial charge on any atom is -0.509 e. The van der Waals surface area contributed by atoms with E-state index in [9.17, 15) is 39.9 Å². The summed E-state index contributed by atoms with van der Waals surface area (Å²) in [6.07, 6.45) is 9.38. The van der Waals surface area contributed by atoms with Crippen molar-refractivity contribution in [3.63, 3.8) is 0 Å². The summed E-state index contributed by atoms with van der Waals surface area (Å²) in [4.78, 5) is 40.9. The van der Waals surface area contributed by atoms with Gasteiger partial charge >= 0.3 is 0 Å². The van der Waals surface area contributed by atoms with Gasteiger partial charge in [0.05, 0.1) is 5.41 Å². The summed E-state index contributed by atoms with van der Waals surface area (Å²) in [5, 5.41) is 56.1. The van der Waals surface area contributed by atoms with Gasteiger partial charge in [0, 0.05) is 23.5 Å². The Balaban J connectivity index is 2.38. The molecule has 0 aromatic rings. The first kappa shape index (κ1) is 28.3. The minimum atomic E-state index is -2.95. The van der Waals surface area contributed by atoms with Crippen LogP contribution in [0.15, 0.2) is 70.5 Å². The summed E-state index contributed by atoms with van der Waals surface area (Å²) in [7, 11) is 0. The number of allylic oxidation sites excluding steroid dienone is 7. The molecule has 3 aliphatic rings. The predicted molar refractivity (Wildman–Crippen MR) is 134 cm³/mol. The van der Waals surface area contributed by atoms with E-state index in [0.29, 0.717) is 6.42 Å². The van der Waals surface area contributed by atoms with Crippen LogP contribution in [0, 0.1) is 11.3 Å². The van der Waals surface area contributed by atoms with Crippen LogP contribution in [0.5, 0.6) is 0 Å². The topological polar surface area (TPSA) is 162 Å². The summed E-state index contributed by atoms with van der Waals surface area (Å²) in [5.74, 6) is -9.35. The highest BCUT2D eigenvalue weighted by Crippen LogP contribution is 2.67. The lowest BCUT2D eigenvalue weighted by Gasteiger charge is -2.50. The van der Waals surface area contributed by atoms with E-state index in [1.165, 1.54) is 32.9 Å². The number of ketones is 3. The van der Waals surface area contributed by atoms with Crippen LogP contribution in [0.4, 0.5) is 0 Å². The number of rotatable bonds is 6. The quantitative estimate of drug-likeness (QED) is 0.117. The largest absolute Gasteiger partial charge is 0.509 e. The lowest BCUT2D eigenvalue weighted by Crippen LogP contribution is -2.72. The fourth-order valence-corrected chi connectivity index (χ4v) is 5.82. The Morgan fingerprint density at radius 2 is 1.65 bits per heavy atom. The van der Waals surface area contributed by atoms with Crippen molar-refractivity contribution in [1.29, 1.82) is 0 Å². The van der Waals surface area contributed by atoms with E-state index in [2.05, 4.69) is 0 Å². The first-order valence-electron chi connectivity index (χ1n) is 12.0. The van der Waals surface area contributed by atoms with Crippen molar-refractivity contribution >= 4 is 17.3 Å². The van der Waals surface area contributed by atoms with Crippen LogP contribution in [0.3, 0.4) is 0 Å². The normalized spacial score (nSPS) is 37.8. The molecule has 1 aliphatic heterocycles. The van der Waals surface area contributed by atoms with E-state index in [0.717, 1.165) is 13.0 Å². The molecule has 2 aliphatic carbocycles. The van der Waals surface area contributed by atoms with Crippen LogP contribution in [0.2, 0.25) is 0 Å². The Morgan fingerprint density at radius 1 is 1.03 bits per heavy atom. The molecule has 1 heterocycles. The molecule has 0 radical (unpaired) electrons. The van der Waals surface area contributed by atoms with Crippen molar-refractivity contribution in [3.05, 3.63) is 70.5 Å². The van der Waals surface area contributed by atoms with Crippen LogP contribution in [0.1, 0.15) is 54.4 Å². The second kappa shape index (κ2) is 9.24. The highest BCUT2D eigenvalue weighted by molar-refractivity contribution is 6.28. The van der Waals surface area contributed by atoms with Gasteiger partial charge < -0.3 is 30.3 Å². The Hall–Kier alpha value is -3.27. The van der Waals surface area contributed by atoms with Crippen molar-refractivity contribution in [2.75, 3.05) is 0 Å². The number of hydrogen-bond donors (Lipinski definition) is 5. The lowest BCUT2D eigenvalue weighted by molar-refractivity contribution is -0.316. The smallest absolute Gasteiger partial charge is 0.217 e. The molecule has 5 unspecified atom stereocenters. The second-order valence-electron chi connectivity index (χ2n) is 10.1. The molecule has 0 aromatic heterocycles. The molecule has 0 aromatic carbocycles. The van der Waals surface area contributed by atoms with Crippen molar-refractivity contribution in [3.8, 4) is 0 Å². The molecule has 0 spiro atoms. The lowest BCUT2D eigenvalue weighted by atomic mass is 9.52. The molecule has 37 heavy (non-hydrogen) atoms. The summed E-state index contributed by atoms with van der Waals surface area (Å²) in [6.45, 7) is 8.28. The van der Waals surface area contributed by atoms with Crippen LogP contribution in [0.25, 0.3) is 0 Å². The Kier molecular flexibility index (Phi) is 7.07. The van der Waals surface area contributed by atoms with Gasteiger partial charge in [-0.15, -0.1) is 0 Å². The highest BCUT2D eigenvalue weighted by Gasteiger charge is 2.83. The highest BCUT2D eigenvalue weighted by atomic mass is 16.7. The first-order valence-corrected chi connectivity index (χ1v) is 12.0. The van der Waals surface area contributed by atoms with Gasteiger partial charge in [0.2, 0.25) is 11.6 Å². The third-order valence-corrected chi connectivity index (χ3v) is 7.83. The maximum atomic E-state index is 14.1. The standard InChI is InChI=1S/C28H34O9/c1-7-9-11-13-16(29)18-20(31)15(3)22(32)26(5)21(18)25(4)23(33)19(17(30)14-12-10-8-2)24(34)27(6,35)28(25,36)37-26/h7-10,12,14,21,30-32,35-36H,11,13H2,1-6H3. The zero-order valence-corrected chi connectivity index (χ0v) is 21.8. The van der Waals surface area contributed by atoms with Gasteiger partial charge in [0.15, 0.2) is 17.2 Å². The molecule has 0 bridgehead atoms. The molecule has 1 saturated carbocycles. The fraction of sp³-hybridized carbons (Fsp3) is 0.464. The third kappa shape index (κ3) is 3.59. The Bertz CT molecular complexity index is 1240. The predicted octanol–water partition coefficient (Wildman–Crippen LogP) is 3.52. The van der Waals surface area contributed by atoms with Crippen molar-refractivity contribution in [2.24, 2.45) is 11.3 Å². The summed E-state index contributed by atoms with van der Waals surface area (Å²) >= 11 is 0. The van der Waals surface area contributed by atoms with E-state index >= 15 is 0 Å². The van der Waals surface area contributed by atoms with Crippen LogP contribution in [-0.2, 0) is 19.1 Å². The van der Waals surface area contributed by atoms with Crippen molar-refractivity contribution < 1.29 is 44.7 Å². The fourth-order valence-electron chi connectivity index (χ4n) is 5.82. The minimum absolute atomic E-state index is 0.0670. The maximum Gasteiger partial charge on any atom is 0.217 e. The van der Waals surface area contributed by atoms with E-state index in [-0.39, 0.29) is 17.6 Å². The van der Waals surface area contributed by atoms with Gasteiger partial charge in [-0.05, 0) is 54.0 Å². The number of aliphatic hydroxyl groups is 5. The first-order chi connectivity index (χ1) is 17.1. The molecule has 2 fully saturated rings. The van der Waals surface area contributed by atoms with Crippen molar-refractivity contribution in [2.45, 2.75) is 71.4 Å². The Labute approximate surface area is 215 Å². The average Bonchev–Trinajstić information content (AvgIpc) is 3.03. The molecule has 5 N–H and O–H groups in total. The van der Waals surface area contributed by atoms with Gasteiger partial charge in [-0.25, -0.2) is 0 Å². The number of hydrogen-bond acceptors (Lipinski definition) is 9. The zero-order valence-electron chi connectivity index (χ0n) is 21.8. The SMILES string of the molecule is CC=CC=CC(O)=C1C(=O)C(C)(O)C2(O)OC3(C)C(O)=C(C)C(O)=C(C(=O)CCC=CC)C3C2(C)C1=O. The summed E-state index contributed by atoms with van der Waals surface area (Å²) in [6, 6.07) is 0. The zero-order chi connectivity index (χ0) is 28.1. The van der Waals surface area contributed by atoms with E-state index in [1.807, 2.05) is 0 Å². The number of carbonyl (C=O) groups is 3. The number of Topliss-reactive ketones (excluding diaryl/α,β-unsaturated/α-hetero) is 3. The molecule has 200 valence electrons.